The summed E-state index contributed by atoms with van der Waals surface area (Å²) in [7, 11) is 0. The van der Waals surface area contributed by atoms with Gasteiger partial charge in [-0.05, 0) is 25.1 Å². The molecule has 0 radical (unpaired) electrons. The van der Waals surface area contributed by atoms with E-state index < -0.39 is 60.1 Å². The van der Waals surface area contributed by atoms with Crippen LogP contribution in [0.1, 0.15) is 25.3 Å². The largest absolute Gasteiger partial charge is 0.481 e. The number of rotatable bonds is 8. The predicted octanol–water partition coefficient (Wildman–Crippen LogP) is 0.664. The van der Waals surface area contributed by atoms with Gasteiger partial charge in [-0.25, -0.2) is 18.4 Å². The minimum Gasteiger partial charge on any atom is -0.481 e. The summed E-state index contributed by atoms with van der Waals surface area (Å²) in [5.74, 6) is -5.36. The quantitative estimate of drug-likeness (QED) is 0.415. The first-order chi connectivity index (χ1) is 13.6. The van der Waals surface area contributed by atoms with Crippen LogP contribution in [0.25, 0.3) is 11.4 Å². The molecule has 13 heteroatoms. The van der Waals surface area contributed by atoms with Crippen molar-refractivity contribution in [2.75, 3.05) is 0 Å². The van der Waals surface area contributed by atoms with Gasteiger partial charge in [0.05, 0.1) is 18.1 Å². The van der Waals surface area contributed by atoms with E-state index in [2.05, 4.69) is 15.5 Å². The molecule has 11 nitrogen and oxygen atoms in total. The number of aliphatic carboxylic acids is 2. The number of nitrogens with one attached hydrogen (secondary N) is 2. The highest BCUT2D eigenvalue weighted by molar-refractivity contribution is 5.83. The molecule has 1 aromatic heterocycles. The average Bonchev–Trinajstić information content (AvgIpc) is 3.10. The van der Waals surface area contributed by atoms with E-state index >= 15 is 0 Å². The highest BCUT2D eigenvalue weighted by Crippen LogP contribution is 2.23. The molecule has 0 spiro atoms. The summed E-state index contributed by atoms with van der Waals surface area (Å²) in [5, 5.41) is 34.9. The summed E-state index contributed by atoms with van der Waals surface area (Å²) in [6.45, 7) is 1.13. The molecule has 3 atom stereocenters. The number of carbonyl (C=O) groups excluding carboxylic acids is 1. The molecule has 2 rings (SSSR count). The maximum atomic E-state index is 13.8. The minimum absolute atomic E-state index is 0.349. The summed E-state index contributed by atoms with van der Waals surface area (Å²) in [5.41, 5.74) is -0.349. The fourth-order valence-corrected chi connectivity index (χ4v) is 2.26. The van der Waals surface area contributed by atoms with E-state index in [4.69, 9.17) is 14.7 Å². The average molecular weight is 414 g/mol. The smallest absolute Gasteiger partial charge is 0.328 e. The summed E-state index contributed by atoms with van der Waals surface area (Å²) in [6.07, 6.45) is -2.19. The lowest BCUT2D eigenvalue weighted by Crippen LogP contribution is -2.51. The first-order valence-electron chi connectivity index (χ1n) is 8.07. The molecule has 2 aromatic rings. The van der Waals surface area contributed by atoms with Crippen LogP contribution < -0.4 is 10.6 Å². The third-order valence-corrected chi connectivity index (χ3v) is 3.63. The lowest BCUT2D eigenvalue weighted by Gasteiger charge is -2.19. The first-order valence-corrected chi connectivity index (χ1v) is 8.07. The maximum Gasteiger partial charge on any atom is 0.328 e. The van der Waals surface area contributed by atoms with Gasteiger partial charge in [-0.3, -0.25) is 4.79 Å². The van der Waals surface area contributed by atoms with Gasteiger partial charge in [-0.1, -0.05) is 5.16 Å². The Kier molecular flexibility index (Phi) is 6.77. The normalized spacial score (nSPS) is 13.9. The number of carbonyl (C=O) groups is 3. The molecule has 156 valence electrons. The van der Waals surface area contributed by atoms with E-state index in [1.165, 1.54) is 0 Å². The standard InChI is InChI=1S/C16H16F2N4O7/c1-6(23)12(15(26)27)20-16(28)19-10(5-11(24)25)14-21-13(22-29-14)8-4-7(17)2-3-9(8)18/h2-4,6,10,12,23H,5H2,1H3,(H,24,25)(H,26,27)(H2,19,20,28)/t6?,10-,12?/m0/s1. The second kappa shape index (κ2) is 9.05. The van der Waals surface area contributed by atoms with Crippen LogP contribution in [0.5, 0.6) is 0 Å². The Balaban J connectivity index is 2.24. The van der Waals surface area contributed by atoms with Crippen LogP contribution >= 0.6 is 0 Å². The molecular formula is C16H16F2N4O7. The molecular weight excluding hydrogens is 398 g/mol. The highest BCUT2D eigenvalue weighted by Gasteiger charge is 2.29. The molecule has 0 aliphatic rings. The number of aliphatic hydroxyl groups excluding tert-OH is 1. The Bertz CT molecular complexity index is 918. The fourth-order valence-electron chi connectivity index (χ4n) is 2.26. The number of halogens is 2. The molecule has 2 unspecified atom stereocenters. The van der Waals surface area contributed by atoms with Crippen LogP contribution in [0.4, 0.5) is 13.6 Å². The molecule has 5 N–H and O–H groups in total. The zero-order valence-corrected chi connectivity index (χ0v) is 14.8. The van der Waals surface area contributed by atoms with E-state index in [1.54, 1.807) is 0 Å². The number of nitrogens with zero attached hydrogens (tertiary/aromatic N) is 2. The number of hydrogen-bond acceptors (Lipinski definition) is 7. The van der Waals surface area contributed by atoms with Crippen molar-refractivity contribution in [3.05, 3.63) is 35.7 Å². The van der Waals surface area contributed by atoms with E-state index in [0.29, 0.717) is 0 Å². The van der Waals surface area contributed by atoms with Crippen molar-refractivity contribution >= 4 is 18.0 Å². The van der Waals surface area contributed by atoms with E-state index in [9.17, 15) is 28.3 Å². The van der Waals surface area contributed by atoms with Gasteiger partial charge in [0, 0.05) is 0 Å². The minimum atomic E-state index is -1.67. The molecule has 29 heavy (non-hydrogen) atoms. The molecule has 1 heterocycles. The number of hydrogen-bond donors (Lipinski definition) is 5. The second-order valence-electron chi connectivity index (χ2n) is 5.91. The third-order valence-electron chi connectivity index (χ3n) is 3.63. The third kappa shape index (κ3) is 5.68. The van der Waals surface area contributed by atoms with Crippen molar-refractivity contribution in [2.24, 2.45) is 0 Å². The van der Waals surface area contributed by atoms with E-state index in [0.717, 1.165) is 25.1 Å². The Hall–Kier alpha value is -3.61. The van der Waals surface area contributed by atoms with Crippen molar-refractivity contribution in [1.29, 1.82) is 0 Å². The van der Waals surface area contributed by atoms with Crippen LogP contribution in [-0.4, -0.2) is 55.6 Å². The maximum absolute atomic E-state index is 13.8. The highest BCUT2D eigenvalue weighted by atomic mass is 19.1. The Morgan fingerprint density at radius 2 is 1.90 bits per heavy atom. The molecule has 0 saturated carbocycles. The van der Waals surface area contributed by atoms with Gasteiger partial charge in [-0.15, -0.1) is 0 Å². The summed E-state index contributed by atoms with van der Waals surface area (Å²) in [6, 6.07) is -1.71. The van der Waals surface area contributed by atoms with Gasteiger partial charge < -0.3 is 30.5 Å². The Morgan fingerprint density at radius 3 is 2.48 bits per heavy atom. The SMILES string of the molecule is CC(O)C(NC(=O)N[C@@H](CC(=O)O)c1nc(-c2cc(F)ccc2F)no1)C(=O)O. The second-order valence-corrected chi connectivity index (χ2v) is 5.91. The van der Waals surface area contributed by atoms with Crippen LogP contribution in [0.15, 0.2) is 22.7 Å². The molecule has 0 aliphatic carbocycles. The van der Waals surface area contributed by atoms with Crippen LogP contribution in [0, 0.1) is 11.6 Å². The van der Waals surface area contributed by atoms with Crippen molar-refractivity contribution in [3.63, 3.8) is 0 Å². The zero-order valence-electron chi connectivity index (χ0n) is 14.8. The van der Waals surface area contributed by atoms with E-state index in [1.807, 2.05) is 5.32 Å². The number of carboxylic acid groups (broad SMARTS) is 2. The number of aromatic nitrogens is 2. The molecule has 1 aromatic carbocycles. The number of benzene rings is 1. The van der Waals surface area contributed by atoms with Gasteiger partial charge in [0.2, 0.25) is 11.7 Å². The van der Waals surface area contributed by atoms with Gasteiger partial charge in [0.15, 0.2) is 6.04 Å². The van der Waals surface area contributed by atoms with Crippen LogP contribution in [-0.2, 0) is 9.59 Å². The summed E-state index contributed by atoms with van der Waals surface area (Å²) < 4.78 is 32.0. The number of amides is 2. The topological polar surface area (TPSA) is 175 Å². The van der Waals surface area contributed by atoms with Gasteiger partial charge in [0.25, 0.3) is 0 Å². The molecule has 2 amide bonds. The van der Waals surface area contributed by atoms with Gasteiger partial charge in [0.1, 0.15) is 17.7 Å². The molecule has 0 aliphatic heterocycles. The van der Waals surface area contributed by atoms with Crippen molar-refractivity contribution < 1.29 is 43.0 Å². The number of urea groups is 1. The van der Waals surface area contributed by atoms with Crippen LogP contribution in [0.2, 0.25) is 0 Å². The van der Waals surface area contributed by atoms with Gasteiger partial charge in [-0.2, -0.15) is 4.98 Å². The summed E-state index contributed by atoms with van der Waals surface area (Å²) >= 11 is 0. The fraction of sp³-hybridized carbons (Fsp3) is 0.312. The zero-order chi connectivity index (χ0) is 21.7. The molecule has 0 fully saturated rings. The number of carboxylic acids is 2. The Labute approximate surface area is 161 Å². The Morgan fingerprint density at radius 1 is 1.21 bits per heavy atom. The van der Waals surface area contributed by atoms with Crippen molar-refractivity contribution in [3.8, 4) is 11.4 Å². The predicted molar refractivity (Wildman–Crippen MR) is 89.4 cm³/mol. The summed E-state index contributed by atoms with van der Waals surface area (Å²) in [4.78, 5) is 37.9. The molecule has 0 saturated heterocycles. The lowest BCUT2D eigenvalue weighted by atomic mass is 10.2. The van der Waals surface area contributed by atoms with Crippen molar-refractivity contribution in [1.82, 2.24) is 20.8 Å². The first kappa shape index (κ1) is 21.7. The van der Waals surface area contributed by atoms with Crippen molar-refractivity contribution in [2.45, 2.75) is 31.5 Å². The lowest BCUT2D eigenvalue weighted by molar-refractivity contribution is -0.142. The van der Waals surface area contributed by atoms with Gasteiger partial charge >= 0.3 is 18.0 Å². The molecule has 0 bridgehead atoms. The van der Waals surface area contributed by atoms with Crippen LogP contribution in [0.3, 0.4) is 0 Å². The van der Waals surface area contributed by atoms with E-state index in [-0.39, 0.29) is 11.4 Å². The monoisotopic (exact) mass is 414 g/mol. The number of aliphatic hydroxyl groups is 1.